The maximum atomic E-state index is 6.44. The molecule has 1 atom stereocenters. The van der Waals surface area contributed by atoms with Gasteiger partial charge in [-0.3, -0.25) is 4.90 Å². The highest BCUT2D eigenvalue weighted by Crippen LogP contribution is 2.35. The predicted octanol–water partition coefficient (Wildman–Crippen LogP) is 3.51. The Hall–Kier alpha value is -0.860. The lowest BCUT2D eigenvalue weighted by molar-refractivity contribution is 0.237. The minimum absolute atomic E-state index is 0.171. The number of hydrogen-bond donors (Lipinski definition) is 1. The highest BCUT2D eigenvalue weighted by molar-refractivity contribution is 5.25. The summed E-state index contributed by atoms with van der Waals surface area (Å²) in [5.74, 6) is 0.967. The van der Waals surface area contributed by atoms with Crippen molar-refractivity contribution >= 4 is 0 Å². The van der Waals surface area contributed by atoms with E-state index in [2.05, 4.69) is 36.1 Å². The molecule has 20 heavy (non-hydrogen) atoms. The molecule has 110 valence electrons. The summed E-state index contributed by atoms with van der Waals surface area (Å²) in [6.45, 7) is 4.55. The van der Waals surface area contributed by atoms with Gasteiger partial charge in [0.25, 0.3) is 0 Å². The Labute approximate surface area is 123 Å². The fourth-order valence-corrected chi connectivity index (χ4v) is 3.02. The van der Waals surface area contributed by atoms with E-state index in [1.54, 1.807) is 0 Å². The summed E-state index contributed by atoms with van der Waals surface area (Å²) in [6, 6.07) is 9.98. The van der Waals surface area contributed by atoms with Gasteiger partial charge in [-0.25, -0.2) is 0 Å². The summed E-state index contributed by atoms with van der Waals surface area (Å²) < 4.78 is 0. The molecule has 0 saturated heterocycles. The Kier molecular flexibility index (Phi) is 4.42. The van der Waals surface area contributed by atoms with Crippen LogP contribution in [0, 0.1) is 5.92 Å². The zero-order valence-electron chi connectivity index (χ0n) is 12.7. The molecule has 0 radical (unpaired) electrons. The summed E-state index contributed by atoms with van der Waals surface area (Å²) in [6.07, 6.45) is 8.02. The summed E-state index contributed by atoms with van der Waals surface area (Å²) >= 11 is 0. The Bertz CT molecular complexity index is 418. The normalized spacial score (nSPS) is 20.4. The van der Waals surface area contributed by atoms with E-state index in [1.165, 1.54) is 56.2 Å². The Morgan fingerprint density at radius 3 is 2.40 bits per heavy atom. The molecular weight excluding hydrogens is 244 g/mol. The molecule has 0 spiro atoms. The smallest absolute Gasteiger partial charge is 0.0424 e. The molecule has 1 aromatic carbocycles. The summed E-state index contributed by atoms with van der Waals surface area (Å²) in [4.78, 5) is 2.66. The van der Waals surface area contributed by atoms with E-state index >= 15 is 0 Å². The SMILES string of the molecule is CCCc1ccc(C(N)CN(CC2CC2)C2CC2)cc1. The maximum absolute atomic E-state index is 6.44. The van der Waals surface area contributed by atoms with Crippen LogP contribution in [0.1, 0.15) is 56.2 Å². The first-order valence-corrected chi connectivity index (χ1v) is 8.34. The lowest BCUT2D eigenvalue weighted by atomic mass is 10.0. The Morgan fingerprint density at radius 2 is 1.85 bits per heavy atom. The second-order valence-electron chi connectivity index (χ2n) is 6.73. The van der Waals surface area contributed by atoms with Gasteiger partial charge in [-0.2, -0.15) is 0 Å². The molecule has 2 heteroatoms. The van der Waals surface area contributed by atoms with Crippen LogP contribution in [0.2, 0.25) is 0 Å². The van der Waals surface area contributed by atoms with Gasteiger partial charge >= 0.3 is 0 Å². The molecule has 1 unspecified atom stereocenters. The minimum Gasteiger partial charge on any atom is -0.323 e. The summed E-state index contributed by atoms with van der Waals surface area (Å²) in [7, 11) is 0. The first-order chi connectivity index (χ1) is 9.76. The zero-order valence-corrected chi connectivity index (χ0v) is 12.7. The van der Waals surface area contributed by atoms with Crippen LogP contribution >= 0.6 is 0 Å². The number of nitrogens with two attached hydrogens (primary N) is 1. The third kappa shape index (κ3) is 3.83. The van der Waals surface area contributed by atoms with Crippen LogP contribution in [0.5, 0.6) is 0 Å². The van der Waals surface area contributed by atoms with Gasteiger partial charge in [-0.15, -0.1) is 0 Å². The molecule has 0 aliphatic heterocycles. The lowest BCUT2D eigenvalue weighted by Gasteiger charge is -2.25. The van der Waals surface area contributed by atoms with Crippen LogP contribution in [-0.4, -0.2) is 24.0 Å². The molecule has 0 bridgehead atoms. The summed E-state index contributed by atoms with van der Waals surface area (Å²) in [5, 5.41) is 0. The van der Waals surface area contributed by atoms with E-state index in [4.69, 9.17) is 5.73 Å². The molecule has 0 aromatic heterocycles. The monoisotopic (exact) mass is 272 g/mol. The topological polar surface area (TPSA) is 29.3 Å². The first-order valence-electron chi connectivity index (χ1n) is 8.34. The molecule has 2 fully saturated rings. The highest BCUT2D eigenvalue weighted by atomic mass is 15.2. The van der Waals surface area contributed by atoms with Crippen molar-refractivity contribution < 1.29 is 0 Å². The third-order valence-corrected chi connectivity index (χ3v) is 4.63. The predicted molar refractivity (Wildman–Crippen MR) is 84.7 cm³/mol. The number of aryl methyl sites for hydroxylation is 1. The third-order valence-electron chi connectivity index (χ3n) is 4.63. The standard InChI is InChI=1S/C18H28N2/c1-2-3-14-6-8-16(9-7-14)18(19)13-20(17-10-11-17)12-15-4-5-15/h6-9,15,17-18H,2-5,10-13,19H2,1H3. The van der Waals surface area contributed by atoms with Gasteiger partial charge in [-0.05, 0) is 49.1 Å². The average molecular weight is 272 g/mol. The van der Waals surface area contributed by atoms with Crippen molar-refractivity contribution in [3.8, 4) is 0 Å². The van der Waals surface area contributed by atoms with Crippen molar-refractivity contribution in [2.45, 2.75) is 57.5 Å². The zero-order chi connectivity index (χ0) is 13.9. The van der Waals surface area contributed by atoms with Gasteiger partial charge in [0.1, 0.15) is 0 Å². The lowest BCUT2D eigenvalue weighted by Crippen LogP contribution is -2.35. The van der Waals surface area contributed by atoms with Gasteiger partial charge in [-0.1, -0.05) is 37.6 Å². The molecular formula is C18H28N2. The molecule has 2 aliphatic rings. The van der Waals surface area contributed by atoms with Crippen LogP contribution in [0.25, 0.3) is 0 Å². The second kappa shape index (κ2) is 6.28. The molecule has 0 amide bonds. The average Bonchev–Trinajstić information content (AvgIpc) is 3.32. The van der Waals surface area contributed by atoms with E-state index in [0.717, 1.165) is 18.5 Å². The summed E-state index contributed by atoms with van der Waals surface area (Å²) in [5.41, 5.74) is 9.17. The molecule has 0 heterocycles. The molecule has 2 saturated carbocycles. The van der Waals surface area contributed by atoms with E-state index < -0.39 is 0 Å². The van der Waals surface area contributed by atoms with E-state index in [9.17, 15) is 0 Å². The van der Waals surface area contributed by atoms with E-state index in [-0.39, 0.29) is 6.04 Å². The molecule has 2 N–H and O–H groups in total. The molecule has 3 rings (SSSR count). The van der Waals surface area contributed by atoms with Crippen molar-refractivity contribution in [3.63, 3.8) is 0 Å². The van der Waals surface area contributed by atoms with Gasteiger partial charge in [0.05, 0.1) is 0 Å². The maximum Gasteiger partial charge on any atom is 0.0424 e. The van der Waals surface area contributed by atoms with Gasteiger partial charge < -0.3 is 5.73 Å². The van der Waals surface area contributed by atoms with Crippen LogP contribution < -0.4 is 5.73 Å². The number of nitrogens with zero attached hydrogens (tertiary/aromatic N) is 1. The van der Waals surface area contributed by atoms with Gasteiger partial charge in [0.2, 0.25) is 0 Å². The fourth-order valence-electron chi connectivity index (χ4n) is 3.02. The molecule has 2 nitrogen and oxygen atoms in total. The Balaban J connectivity index is 1.57. The largest absolute Gasteiger partial charge is 0.323 e. The highest BCUT2D eigenvalue weighted by Gasteiger charge is 2.34. The van der Waals surface area contributed by atoms with Crippen LogP contribution in [0.4, 0.5) is 0 Å². The van der Waals surface area contributed by atoms with Crippen molar-refractivity contribution in [2.24, 2.45) is 11.7 Å². The van der Waals surface area contributed by atoms with Crippen molar-refractivity contribution in [1.82, 2.24) is 4.90 Å². The number of benzene rings is 1. The van der Waals surface area contributed by atoms with E-state index in [0.29, 0.717) is 0 Å². The molecule has 2 aliphatic carbocycles. The van der Waals surface area contributed by atoms with Crippen molar-refractivity contribution in [1.29, 1.82) is 0 Å². The fraction of sp³-hybridized carbons (Fsp3) is 0.667. The van der Waals surface area contributed by atoms with Gasteiger partial charge in [0, 0.05) is 25.2 Å². The molecule has 1 aromatic rings. The Morgan fingerprint density at radius 1 is 1.15 bits per heavy atom. The quantitative estimate of drug-likeness (QED) is 0.784. The minimum atomic E-state index is 0.171. The number of rotatable bonds is 8. The van der Waals surface area contributed by atoms with Crippen LogP contribution in [0.15, 0.2) is 24.3 Å². The van der Waals surface area contributed by atoms with Gasteiger partial charge in [0.15, 0.2) is 0 Å². The van der Waals surface area contributed by atoms with Crippen LogP contribution in [-0.2, 0) is 6.42 Å². The number of hydrogen-bond acceptors (Lipinski definition) is 2. The first kappa shape index (κ1) is 14.1. The van der Waals surface area contributed by atoms with Crippen molar-refractivity contribution in [3.05, 3.63) is 35.4 Å². The second-order valence-corrected chi connectivity index (χ2v) is 6.73. The van der Waals surface area contributed by atoms with E-state index in [1.807, 2.05) is 0 Å². The van der Waals surface area contributed by atoms with Crippen LogP contribution in [0.3, 0.4) is 0 Å². The van der Waals surface area contributed by atoms with Crippen molar-refractivity contribution in [2.75, 3.05) is 13.1 Å².